The van der Waals surface area contributed by atoms with Crippen molar-refractivity contribution in [3.05, 3.63) is 28.2 Å². The molecule has 0 unspecified atom stereocenters. The average molecular weight is 325 g/mol. The van der Waals surface area contributed by atoms with Crippen LogP contribution < -0.4 is 5.32 Å². The molecule has 4 heteroatoms. The zero-order valence-electron chi connectivity index (χ0n) is 11.6. The number of nitrogens with zero attached hydrogens (tertiary/aromatic N) is 1. The fourth-order valence-corrected chi connectivity index (χ4v) is 2.63. The van der Waals surface area contributed by atoms with Crippen molar-refractivity contribution < 1.29 is 4.79 Å². The molecular formula is C15H21BrN2O. The summed E-state index contributed by atoms with van der Waals surface area (Å²) in [5, 5.41) is 3.20. The lowest BCUT2D eigenvalue weighted by atomic mass is 9.99. The van der Waals surface area contributed by atoms with Crippen molar-refractivity contribution in [3.8, 4) is 0 Å². The predicted octanol–water partition coefficient (Wildman–Crippen LogP) is 3.43. The smallest absolute Gasteiger partial charge is 0.241 e. The summed E-state index contributed by atoms with van der Waals surface area (Å²) in [5.41, 5.74) is 2.18. The molecule has 0 aliphatic carbocycles. The summed E-state index contributed by atoms with van der Waals surface area (Å²) in [7, 11) is 0. The Labute approximate surface area is 123 Å². The second-order valence-corrected chi connectivity index (χ2v) is 6.24. The van der Waals surface area contributed by atoms with Crippen LogP contribution in [0.2, 0.25) is 0 Å². The normalized spacial score (nSPS) is 16.5. The van der Waals surface area contributed by atoms with E-state index in [0.29, 0.717) is 6.54 Å². The van der Waals surface area contributed by atoms with Gasteiger partial charge in [-0.2, -0.15) is 0 Å². The number of halogens is 1. The van der Waals surface area contributed by atoms with E-state index < -0.39 is 0 Å². The number of benzene rings is 1. The van der Waals surface area contributed by atoms with Gasteiger partial charge in [0.25, 0.3) is 0 Å². The highest BCUT2D eigenvalue weighted by molar-refractivity contribution is 9.10. The van der Waals surface area contributed by atoms with E-state index >= 15 is 0 Å². The van der Waals surface area contributed by atoms with Crippen molar-refractivity contribution in [3.63, 3.8) is 0 Å². The van der Waals surface area contributed by atoms with Gasteiger partial charge in [0, 0.05) is 23.2 Å². The van der Waals surface area contributed by atoms with Gasteiger partial charge in [-0.25, -0.2) is 0 Å². The van der Waals surface area contributed by atoms with Crippen molar-refractivity contribution in [1.29, 1.82) is 0 Å². The molecule has 1 aliphatic rings. The Balaban J connectivity index is 1.84. The second-order valence-electron chi connectivity index (χ2n) is 5.38. The monoisotopic (exact) mass is 324 g/mol. The van der Waals surface area contributed by atoms with Gasteiger partial charge in [0.05, 0.1) is 6.54 Å². The molecule has 1 aliphatic heterocycles. The molecule has 0 bridgehead atoms. The van der Waals surface area contributed by atoms with Gasteiger partial charge < -0.3 is 10.2 Å². The molecule has 19 heavy (non-hydrogen) atoms. The van der Waals surface area contributed by atoms with E-state index in [1.165, 1.54) is 5.56 Å². The Kier molecular flexibility index (Phi) is 4.86. The number of likely N-dealkylation sites (tertiary alicyclic amines) is 1. The fraction of sp³-hybridized carbons (Fsp3) is 0.533. The second kappa shape index (κ2) is 6.42. The van der Waals surface area contributed by atoms with Crippen LogP contribution in [0.15, 0.2) is 22.7 Å². The first-order chi connectivity index (χ1) is 9.06. The number of hydrogen-bond acceptors (Lipinski definition) is 2. The third-order valence-corrected chi connectivity index (χ3v) is 4.61. The first-order valence-electron chi connectivity index (χ1n) is 6.84. The van der Waals surface area contributed by atoms with Crippen LogP contribution in [0.1, 0.15) is 25.3 Å². The SMILES string of the molecule is Cc1ccc(NCC(=O)N2CCC(C)CC2)cc1Br. The fourth-order valence-electron chi connectivity index (χ4n) is 2.25. The molecule has 1 saturated heterocycles. The van der Waals surface area contributed by atoms with Crippen molar-refractivity contribution in [2.45, 2.75) is 26.7 Å². The zero-order chi connectivity index (χ0) is 13.8. The van der Waals surface area contributed by atoms with Crippen molar-refractivity contribution in [2.24, 2.45) is 5.92 Å². The van der Waals surface area contributed by atoms with Gasteiger partial charge in [-0.05, 0) is 43.4 Å². The molecule has 0 aromatic heterocycles. The molecule has 0 radical (unpaired) electrons. The molecule has 1 aromatic rings. The molecule has 0 spiro atoms. The minimum absolute atomic E-state index is 0.198. The van der Waals surface area contributed by atoms with Crippen molar-refractivity contribution >= 4 is 27.5 Å². The van der Waals surface area contributed by atoms with Crippen molar-refractivity contribution in [2.75, 3.05) is 25.0 Å². The van der Waals surface area contributed by atoms with E-state index in [1.807, 2.05) is 30.0 Å². The summed E-state index contributed by atoms with van der Waals surface area (Å²) in [6.45, 7) is 6.49. The molecule has 2 rings (SSSR count). The summed E-state index contributed by atoms with van der Waals surface area (Å²) in [6, 6.07) is 6.06. The number of carbonyl (C=O) groups excluding carboxylic acids is 1. The van der Waals surface area contributed by atoms with Gasteiger partial charge in [0.2, 0.25) is 5.91 Å². The summed E-state index contributed by atoms with van der Waals surface area (Å²) < 4.78 is 1.07. The highest BCUT2D eigenvalue weighted by atomic mass is 79.9. The summed E-state index contributed by atoms with van der Waals surface area (Å²) in [4.78, 5) is 14.1. The lowest BCUT2D eigenvalue weighted by molar-refractivity contribution is -0.130. The highest BCUT2D eigenvalue weighted by Gasteiger charge is 2.19. The first-order valence-corrected chi connectivity index (χ1v) is 7.63. The molecule has 1 fully saturated rings. The number of piperidine rings is 1. The van der Waals surface area contributed by atoms with Crippen LogP contribution in [0.5, 0.6) is 0 Å². The summed E-state index contributed by atoms with van der Waals surface area (Å²) in [6.07, 6.45) is 2.25. The molecule has 1 N–H and O–H groups in total. The first kappa shape index (κ1) is 14.4. The standard InChI is InChI=1S/C15H21BrN2O/c1-11-5-7-18(8-6-11)15(19)10-17-13-4-3-12(2)14(16)9-13/h3-4,9,11,17H,5-8,10H2,1-2H3. The van der Waals surface area contributed by atoms with E-state index in [-0.39, 0.29) is 5.91 Å². The van der Waals surface area contributed by atoms with E-state index in [2.05, 4.69) is 28.2 Å². The molecular weight excluding hydrogens is 304 g/mol. The molecule has 1 aromatic carbocycles. The maximum absolute atomic E-state index is 12.1. The van der Waals surface area contributed by atoms with Crippen LogP contribution in [-0.2, 0) is 4.79 Å². The number of nitrogens with one attached hydrogen (secondary N) is 1. The third-order valence-electron chi connectivity index (χ3n) is 3.75. The quantitative estimate of drug-likeness (QED) is 0.923. The molecule has 1 heterocycles. The molecule has 1 amide bonds. The number of aryl methyl sites for hydroxylation is 1. The van der Waals surface area contributed by atoms with Gasteiger partial charge >= 0.3 is 0 Å². The van der Waals surface area contributed by atoms with Crippen LogP contribution in [0.4, 0.5) is 5.69 Å². The zero-order valence-corrected chi connectivity index (χ0v) is 13.2. The Morgan fingerprint density at radius 1 is 1.42 bits per heavy atom. The Morgan fingerprint density at radius 3 is 2.74 bits per heavy atom. The average Bonchev–Trinajstić information content (AvgIpc) is 2.40. The van der Waals surface area contributed by atoms with E-state index in [1.54, 1.807) is 0 Å². The van der Waals surface area contributed by atoms with Crippen LogP contribution in [0.3, 0.4) is 0 Å². The maximum Gasteiger partial charge on any atom is 0.241 e. The lowest BCUT2D eigenvalue weighted by Gasteiger charge is -2.30. The number of carbonyl (C=O) groups is 1. The topological polar surface area (TPSA) is 32.3 Å². The summed E-state index contributed by atoms with van der Waals surface area (Å²) in [5.74, 6) is 0.952. The van der Waals surface area contributed by atoms with Gasteiger partial charge in [-0.15, -0.1) is 0 Å². The number of amides is 1. The third kappa shape index (κ3) is 3.96. The Bertz CT molecular complexity index is 453. The van der Waals surface area contributed by atoms with E-state index in [4.69, 9.17) is 0 Å². The van der Waals surface area contributed by atoms with E-state index in [9.17, 15) is 4.79 Å². The molecule has 0 atom stereocenters. The molecule has 104 valence electrons. The number of anilines is 1. The number of rotatable bonds is 3. The van der Waals surface area contributed by atoms with Crippen LogP contribution in [0.25, 0.3) is 0 Å². The minimum atomic E-state index is 0.198. The maximum atomic E-state index is 12.1. The van der Waals surface area contributed by atoms with Crippen molar-refractivity contribution in [1.82, 2.24) is 4.90 Å². The van der Waals surface area contributed by atoms with Gasteiger partial charge in [-0.1, -0.05) is 28.9 Å². The molecule has 3 nitrogen and oxygen atoms in total. The van der Waals surface area contributed by atoms with E-state index in [0.717, 1.165) is 42.0 Å². The number of hydrogen-bond donors (Lipinski definition) is 1. The minimum Gasteiger partial charge on any atom is -0.376 e. The highest BCUT2D eigenvalue weighted by Crippen LogP contribution is 2.21. The van der Waals surface area contributed by atoms with Crippen LogP contribution in [-0.4, -0.2) is 30.4 Å². The Hall–Kier alpha value is -1.03. The van der Waals surface area contributed by atoms with Crippen LogP contribution >= 0.6 is 15.9 Å². The molecule has 0 saturated carbocycles. The predicted molar refractivity (Wildman–Crippen MR) is 82.3 cm³/mol. The summed E-state index contributed by atoms with van der Waals surface area (Å²) >= 11 is 3.50. The Morgan fingerprint density at radius 2 is 2.11 bits per heavy atom. The van der Waals surface area contributed by atoms with Gasteiger partial charge in [-0.3, -0.25) is 4.79 Å². The largest absolute Gasteiger partial charge is 0.376 e. The van der Waals surface area contributed by atoms with Gasteiger partial charge in [0.1, 0.15) is 0 Å². The van der Waals surface area contributed by atoms with Gasteiger partial charge in [0.15, 0.2) is 0 Å². The lowest BCUT2D eigenvalue weighted by Crippen LogP contribution is -2.40. The van der Waals surface area contributed by atoms with Crippen LogP contribution in [0, 0.1) is 12.8 Å².